The van der Waals surface area contributed by atoms with Crippen LogP contribution < -0.4 is 5.32 Å². The molecule has 5 nitrogen and oxygen atoms in total. The first kappa shape index (κ1) is 15.5. The third kappa shape index (κ3) is 3.61. The van der Waals surface area contributed by atoms with E-state index in [4.69, 9.17) is 9.84 Å². The number of ether oxygens (including phenoxy) is 1. The van der Waals surface area contributed by atoms with Crippen molar-refractivity contribution in [1.29, 1.82) is 0 Å². The van der Waals surface area contributed by atoms with Crippen LogP contribution in [-0.2, 0) is 26.2 Å². The summed E-state index contributed by atoms with van der Waals surface area (Å²) in [5, 5.41) is 11.3. The van der Waals surface area contributed by atoms with Crippen LogP contribution in [0.2, 0.25) is 0 Å². The summed E-state index contributed by atoms with van der Waals surface area (Å²) in [5.74, 6) is -1.02. The fraction of sp³-hybridized carbons (Fsp3) is 0.500. The van der Waals surface area contributed by atoms with Crippen molar-refractivity contribution in [2.24, 2.45) is 0 Å². The highest BCUT2D eigenvalue weighted by molar-refractivity contribution is 5.88. The Balaban J connectivity index is 1.94. The molecule has 1 aliphatic carbocycles. The van der Waals surface area contributed by atoms with Gasteiger partial charge in [-0.2, -0.15) is 0 Å². The molecule has 0 radical (unpaired) electrons. The third-order valence-electron chi connectivity index (χ3n) is 3.99. The van der Waals surface area contributed by atoms with Gasteiger partial charge in [-0.1, -0.05) is 24.3 Å². The van der Waals surface area contributed by atoms with Gasteiger partial charge in [-0.15, -0.1) is 0 Å². The number of carbonyl (C=O) groups is 2. The zero-order valence-corrected chi connectivity index (χ0v) is 12.2. The molecule has 1 unspecified atom stereocenters. The summed E-state index contributed by atoms with van der Waals surface area (Å²) in [6.45, 7) is 2.16. The van der Waals surface area contributed by atoms with Crippen molar-refractivity contribution < 1.29 is 19.4 Å². The van der Waals surface area contributed by atoms with Gasteiger partial charge in [0.25, 0.3) is 0 Å². The van der Waals surface area contributed by atoms with E-state index in [9.17, 15) is 9.59 Å². The van der Waals surface area contributed by atoms with Crippen LogP contribution in [0, 0.1) is 0 Å². The average molecular weight is 291 g/mol. The lowest BCUT2D eigenvalue weighted by molar-refractivity contribution is -0.142. The average Bonchev–Trinajstić information content (AvgIpc) is 2.47. The minimum atomic E-state index is -1.01. The molecule has 114 valence electrons. The van der Waals surface area contributed by atoms with E-state index in [1.165, 1.54) is 5.56 Å². The van der Waals surface area contributed by atoms with Gasteiger partial charge in [0.15, 0.2) is 0 Å². The van der Waals surface area contributed by atoms with Gasteiger partial charge < -0.3 is 15.2 Å². The van der Waals surface area contributed by atoms with E-state index >= 15 is 0 Å². The van der Waals surface area contributed by atoms with Gasteiger partial charge in [-0.05, 0) is 37.3 Å². The summed E-state index contributed by atoms with van der Waals surface area (Å²) in [5.41, 5.74) is 1.82. The Morgan fingerprint density at radius 2 is 2.14 bits per heavy atom. The predicted molar refractivity (Wildman–Crippen MR) is 78.2 cm³/mol. The molecule has 1 aliphatic rings. The number of aliphatic carboxylic acids is 1. The highest BCUT2D eigenvalue weighted by Gasteiger charge is 2.38. The Kier molecular flexibility index (Phi) is 4.96. The lowest BCUT2D eigenvalue weighted by Crippen LogP contribution is -2.45. The maximum Gasteiger partial charge on any atom is 0.329 e. The largest absolute Gasteiger partial charge is 0.480 e. The monoisotopic (exact) mass is 291 g/mol. The minimum Gasteiger partial charge on any atom is -0.480 e. The van der Waals surface area contributed by atoms with Crippen molar-refractivity contribution >= 4 is 11.9 Å². The summed E-state index contributed by atoms with van der Waals surface area (Å²) in [6.07, 6.45) is 2.84. The minimum absolute atomic E-state index is 0.0198. The number of aryl methyl sites for hydroxylation is 1. The van der Waals surface area contributed by atoms with E-state index in [1.807, 2.05) is 25.1 Å². The van der Waals surface area contributed by atoms with Crippen LogP contribution in [0.15, 0.2) is 24.3 Å². The first-order chi connectivity index (χ1) is 10.0. The molecular formula is C16H21NO4. The van der Waals surface area contributed by atoms with E-state index in [1.54, 1.807) is 0 Å². The lowest BCUT2D eigenvalue weighted by Gasteiger charge is -2.34. The Hall–Kier alpha value is -1.88. The van der Waals surface area contributed by atoms with Crippen molar-refractivity contribution in [2.75, 3.05) is 19.8 Å². The molecule has 0 aliphatic heterocycles. The molecule has 0 bridgehead atoms. The highest BCUT2D eigenvalue weighted by Crippen LogP contribution is 2.37. The molecule has 1 atom stereocenters. The lowest BCUT2D eigenvalue weighted by atomic mass is 9.70. The van der Waals surface area contributed by atoms with E-state index in [-0.39, 0.29) is 19.1 Å². The molecule has 0 spiro atoms. The number of fused-ring (bicyclic) bond motifs is 1. The molecule has 21 heavy (non-hydrogen) atoms. The SMILES string of the molecule is CC1(C(=O)NCCOCC(=O)O)CCCc2ccccc21. The van der Waals surface area contributed by atoms with Crippen molar-refractivity contribution in [3.8, 4) is 0 Å². The molecule has 5 heteroatoms. The fourth-order valence-corrected chi connectivity index (χ4v) is 2.87. The molecule has 1 amide bonds. The van der Waals surface area contributed by atoms with Crippen molar-refractivity contribution in [3.05, 3.63) is 35.4 Å². The van der Waals surface area contributed by atoms with Crippen LogP contribution in [0.25, 0.3) is 0 Å². The summed E-state index contributed by atoms with van der Waals surface area (Å²) < 4.78 is 4.92. The number of carboxylic acid groups (broad SMARTS) is 1. The Labute approximate surface area is 124 Å². The first-order valence-electron chi connectivity index (χ1n) is 7.20. The van der Waals surface area contributed by atoms with Gasteiger partial charge in [0.2, 0.25) is 5.91 Å². The van der Waals surface area contributed by atoms with Crippen LogP contribution >= 0.6 is 0 Å². The molecule has 0 aromatic heterocycles. The number of amides is 1. The predicted octanol–water partition coefficient (Wildman–Crippen LogP) is 1.50. The maximum atomic E-state index is 12.5. The number of hydrogen-bond donors (Lipinski definition) is 2. The normalized spacial score (nSPS) is 20.6. The third-order valence-corrected chi connectivity index (χ3v) is 3.99. The van der Waals surface area contributed by atoms with Crippen LogP contribution in [0.4, 0.5) is 0 Å². The molecule has 1 aromatic rings. The summed E-state index contributed by atoms with van der Waals surface area (Å²) >= 11 is 0. The maximum absolute atomic E-state index is 12.5. The quantitative estimate of drug-likeness (QED) is 0.779. The van der Waals surface area contributed by atoms with Gasteiger partial charge in [-0.25, -0.2) is 4.79 Å². The number of carbonyl (C=O) groups excluding carboxylic acids is 1. The second-order valence-corrected chi connectivity index (χ2v) is 5.55. The van der Waals surface area contributed by atoms with Gasteiger partial charge in [-0.3, -0.25) is 4.79 Å². The molecule has 0 fully saturated rings. The van der Waals surface area contributed by atoms with Crippen LogP contribution in [0.1, 0.15) is 30.9 Å². The van der Waals surface area contributed by atoms with E-state index in [2.05, 4.69) is 11.4 Å². The molecular weight excluding hydrogens is 270 g/mol. The zero-order valence-electron chi connectivity index (χ0n) is 12.2. The number of hydrogen-bond acceptors (Lipinski definition) is 3. The van der Waals surface area contributed by atoms with Gasteiger partial charge in [0.1, 0.15) is 6.61 Å². The van der Waals surface area contributed by atoms with Crippen LogP contribution in [0.3, 0.4) is 0 Å². The second-order valence-electron chi connectivity index (χ2n) is 5.55. The summed E-state index contributed by atoms with van der Waals surface area (Å²) in [7, 11) is 0. The standard InChI is InChI=1S/C16H21NO4/c1-16(15(20)17-9-10-21-11-14(18)19)8-4-6-12-5-2-3-7-13(12)16/h2-3,5,7H,4,6,8-11H2,1H3,(H,17,20)(H,18,19). The molecule has 0 heterocycles. The summed E-state index contributed by atoms with van der Waals surface area (Å²) in [4.78, 5) is 22.8. The number of carboxylic acids is 1. The topological polar surface area (TPSA) is 75.6 Å². The Bertz CT molecular complexity index is 529. The molecule has 1 aromatic carbocycles. The molecule has 0 saturated heterocycles. The van der Waals surface area contributed by atoms with Gasteiger partial charge in [0.05, 0.1) is 12.0 Å². The summed E-state index contributed by atoms with van der Waals surface area (Å²) in [6, 6.07) is 8.07. The first-order valence-corrected chi connectivity index (χ1v) is 7.20. The molecule has 2 N–H and O–H groups in total. The molecule has 2 rings (SSSR count). The Morgan fingerprint density at radius 3 is 2.90 bits per heavy atom. The van der Waals surface area contributed by atoms with Crippen molar-refractivity contribution in [1.82, 2.24) is 5.32 Å². The van der Waals surface area contributed by atoms with Crippen molar-refractivity contribution in [3.63, 3.8) is 0 Å². The number of nitrogens with one attached hydrogen (secondary N) is 1. The smallest absolute Gasteiger partial charge is 0.329 e. The highest BCUT2D eigenvalue weighted by atomic mass is 16.5. The van der Waals surface area contributed by atoms with E-state index in [0.29, 0.717) is 6.54 Å². The van der Waals surface area contributed by atoms with E-state index < -0.39 is 11.4 Å². The van der Waals surface area contributed by atoms with E-state index in [0.717, 1.165) is 24.8 Å². The number of rotatable bonds is 6. The zero-order chi connectivity index (χ0) is 15.3. The molecule has 0 saturated carbocycles. The van der Waals surface area contributed by atoms with Gasteiger partial charge in [0, 0.05) is 6.54 Å². The number of benzene rings is 1. The van der Waals surface area contributed by atoms with Gasteiger partial charge >= 0.3 is 5.97 Å². The van der Waals surface area contributed by atoms with Crippen LogP contribution in [-0.4, -0.2) is 36.7 Å². The van der Waals surface area contributed by atoms with Crippen LogP contribution in [0.5, 0.6) is 0 Å². The Morgan fingerprint density at radius 1 is 1.38 bits per heavy atom. The van der Waals surface area contributed by atoms with Crippen molar-refractivity contribution in [2.45, 2.75) is 31.6 Å². The second kappa shape index (κ2) is 6.72. The fourth-order valence-electron chi connectivity index (χ4n) is 2.87.